The van der Waals surface area contributed by atoms with Crippen molar-refractivity contribution in [1.29, 1.82) is 0 Å². The molecule has 0 spiro atoms. The van der Waals surface area contributed by atoms with E-state index in [9.17, 15) is 4.79 Å². The molecule has 0 amide bonds. The summed E-state index contributed by atoms with van der Waals surface area (Å²) in [5, 5.41) is 4.29. The summed E-state index contributed by atoms with van der Waals surface area (Å²) in [6.45, 7) is 5.19. The highest BCUT2D eigenvalue weighted by atomic mass is 79.9. The van der Waals surface area contributed by atoms with Crippen LogP contribution in [0.3, 0.4) is 0 Å². The van der Waals surface area contributed by atoms with Gasteiger partial charge in [0.2, 0.25) is 0 Å². The highest BCUT2D eigenvalue weighted by molar-refractivity contribution is 9.10. The highest BCUT2D eigenvalue weighted by Gasteiger charge is 2.28. The summed E-state index contributed by atoms with van der Waals surface area (Å²) in [5.74, 6) is 1.25. The molecule has 1 saturated carbocycles. The van der Waals surface area contributed by atoms with Crippen LogP contribution < -0.4 is 0 Å². The smallest absolute Gasteiger partial charge is 0.185 e. The molecule has 0 aromatic carbocycles. The SMILES string of the molecule is CCCn1ncc(Br)c1C(=O)C1CCC(C)CC1. The van der Waals surface area contributed by atoms with Crippen molar-refractivity contribution in [3.63, 3.8) is 0 Å². The van der Waals surface area contributed by atoms with Crippen molar-refractivity contribution in [3.05, 3.63) is 16.4 Å². The fourth-order valence-electron chi connectivity index (χ4n) is 2.70. The number of nitrogens with zero attached hydrogens (tertiary/aromatic N) is 2. The number of aromatic nitrogens is 2. The van der Waals surface area contributed by atoms with Crippen molar-refractivity contribution in [2.24, 2.45) is 11.8 Å². The van der Waals surface area contributed by atoms with Gasteiger partial charge in [-0.25, -0.2) is 0 Å². The van der Waals surface area contributed by atoms with Crippen LogP contribution in [-0.4, -0.2) is 15.6 Å². The minimum absolute atomic E-state index is 0.199. The predicted molar refractivity (Wildman–Crippen MR) is 75.7 cm³/mol. The molecule has 1 aromatic heterocycles. The molecular formula is C14H21BrN2O. The Balaban J connectivity index is 2.15. The van der Waals surface area contributed by atoms with E-state index in [0.29, 0.717) is 0 Å². The van der Waals surface area contributed by atoms with Crippen molar-refractivity contribution in [2.45, 2.75) is 52.5 Å². The monoisotopic (exact) mass is 312 g/mol. The normalized spacial score (nSPS) is 24.2. The van der Waals surface area contributed by atoms with E-state index < -0.39 is 0 Å². The summed E-state index contributed by atoms with van der Waals surface area (Å²) in [5.41, 5.74) is 0.774. The van der Waals surface area contributed by atoms with Crippen LogP contribution in [0.2, 0.25) is 0 Å². The number of carbonyl (C=O) groups is 1. The standard InChI is InChI=1S/C14H21BrN2O/c1-3-8-17-13(12(15)9-16-17)14(18)11-6-4-10(2)5-7-11/h9-11H,3-8H2,1-2H3. The zero-order valence-electron chi connectivity index (χ0n) is 11.2. The first kappa shape index (κ1) is 13.8. The molecule has 0 atom stereocenters. The average molecular weight is 313 g/mol. The molecule has 1 aromatic rings. The molecule has 0 unspecified atom stereocenters. The number of hydrogen-bond donors (Lipinski definition) is 0. The number of rotatable bonds is 4. The molecule has 0 aliphatic heterocycles. The lowest BCUT2D eigenvalue weighted by atomic mass is 9.80. The van der Waals surface area contributed by atoms with Crippen LogP contribution in [0.15, 0.2) is 10.7 Å². The van der Waals surface area contributed by atoms with E-state index in [4.69, 9.17) is 0 Å². The second-order valence-electron chi connectivity index (χ2n) is 5.39. The van der Waals surface area contributed by atoms with Gasteiger partial charge in [0.05, 0.1) is 10.7 Å². The van der Waals surface area contributed by atoms with E-state index in [1.54, 1.807) is 6.20 Å². The Labute approximate surface area is 117 Å². The molecule has 3 nitrogen and oxygen atoms in total. The molecule has 0 N–H and O–H groups in total. The average Bonchev–Trinajstić information content (AvgIpc) is 2.71. The quantitative estimate of drug-likeness (QED) is 0.786. The Morgan fingerprint density at radius 1 is 1.44 bits per heavy atom. The number of Topliss-reactive ketones (excluding diaryl/α,β-unsaturated/α-hetero) is 1. The zero-order valence-corrected chi connectivity index (χ0v) is 12.7. The topological polar surface area (TPSA) is 34.9 Å². The van der Waals surface area contributed by atoms with Crippen molar-refractivity contribution in [1.82, 2.24) is 9.78 Å². The Bertz CT molecular complexity index is 419. The van der Waals surface area contributed by atoms with Gasteiger partial charge in [-0.05, 0) is 41.1 Å². The first-order valence-electron chi connectivity index (χ1n) is 6.89. The van der Waals surface area contributed by atoms with Gasteiger partial charge in [-0.1, -0.05) is 26.7 Å². The second-order valence-corrected chi connectivity index (χ2v) is 6.24. The predicted octanol–water partition coefficient (Wildman–Crippen LogP) is 4.06. The van der Waals surface area contributed by atoms with Gasteiger partial charge < -0.3 is 0 Å². The van der Waals surface area contributed by atoms with Crippen LogP contribution in [-0.2, 0) is 6.54 Å². The fraction of sp³-hybridized carbons (Fsp3) is 0.714. The minimum atomic E-state index is 0.199. The van der Waals surface area contributed by atoms with Crippen molar-refractivity contribution >= 4 is 21.7 Å². The van der Waals surface area contributed by atoms with Gasteiger partial charge in [-0.2, -0.15) is 5.10 Å². The van der Waals surface area contributed by atoms with E-state index in [1.165, 1.54) is 12.8 Å². The maximum absolute atomic E-state index is 12.6. The van der Waals surface area contributed by atoms with E-state index >= 15 is 0 Å². The van der Waals surface area contributed by atoms with E-state index in [1.807, 2.05) is 4.68 Å². The molecule has 0 saturated heterocycles. The van der Waals surface area contributed by atoms with E-state index in [0.717, 1.165) is 41.9 Å². The van der Waals surface area contributed by atoms with Crippen LogP contribution >= 0.6 is 15.9 Å². The van der Waals surface area contributed by atoms with Gasteiger partial charge in [0, 0.05) is 12.5 Å². The number of halogens is 1. The van der Waals surface area contributed by atoms with Crippen molar-refractivity contribution in [2.75, 3.05) is 0 Å². The zero-order chi connectivity index (χ0) is 13.1. The van der Waals surface area contributed by atoms with Crippen LogP contribution in [0.1, 0.15) is 56.4 Å². The lowest BCUT2D eigenvalue weighted by Gasteiger charge is -2.25. The second kappa shape index (κ2) is 6.00. The molecule has 0 bridgehead atoms. The molecule has 1 aliphatic carbocycles. The lowest BCUT2D eigenvalue weighted by molar-refractivity contribution is 0.0863. The van der Waals surface area contributed by atoms with Gasteiger partial charge >= 0.3 is 0 Å². The maximum Gasteiger partial charge on any atom is 0.185 e. The molecule has 1 aliphatic rings. The summed E-state index contributed by atoms with van der Waals surface area (Å²) in [4.78, 5) is 12.6. The molecule has 2 rings (SSSR count). The molecular weight excluding hydrogens is 292 g/mol. The summed E-state index contributed by atoms with van der Waals surface area (Å²) >= 11 is 3.46. The van der Waals surface area contributed by atoms with Crippen LogP contribution in [0.5, 0.6) is 0 Å². The van der Waals surface area contributed by atoms with Gasteiger partial charge in [0.15, 0.2) is 5.78 Å². The Morgan fingerprint density at radius 3 is 2.72 bits per heavy atom. The largest absolute Gasteiger partial charge is 0.292 e. The van der Waals surface area contributed by atoms with Gasteiger partial charge in [0.25, 0.3) is 0 Å². The Morgan fingerprint density at radius 2 is 2.11 bits per heavy atom. The minimum Gasteiger partial charge on any atom is -0.292 e. The molecule has 1 heterocycles. The fourth-order valence-corrected chi connectivity index (χ4v) is 3.20. The summed E-state index contributed by atoms with van der Waals surface area (Å²) in [7, 11) is 0. The number of hydrogen-bond acceptors (Lipinski definition) is 2. The molecule has 4 heteroatoms. The third-order valence-electron chi connectivity index (χ3n) is 3.85. The van der Waals surface area contributed by atoms with Crippen molar-refractivity contribution < 1.29 is 4.79 Å². The molecule has 0 radical (unpaired) electrons. The van der Waals surface area contributed by atoms with Gasteiger partial charge in [-0.15, -0.1) is 0 Å². The number of carbonyl (C=O) groups excluding carboxylic acids is 1. The Hall–Kier alpha value is -0.640. The highest BCUT2D eigenvalue weighted by Crippen LogP contribution is 2.32. The number of aryl methyl sites for hydroxylation is 1. The molecule has 18 heavy (non-hydrogen) atoms. The van der Waals surface area contributed by atoms with Gasteiger partial charge in [0.1, 0.15) is 5.69 Å². The van der Waals surface area contributed by atoms with Crippen LogP contribution in [0, 0.1) is 11.8 Å². The molecule has 1 fully saturated rings. The third-order valence-corrected chi connectivity index (χ3v) is 4.43. The van der Waals surface area contributed by atoms with Crippen LogP contribution in [0.25, 0.3) is 0 Å². The Kier molecular flexibility index (Phi) is 4.60. The van der Waals surface area contributed by atoms with E-state index in [-0.39, 0.29) is 11.7 Å². The molecule has 100 valence electrons. The summed E-state index contributed by atoms with van der Waals surface area (Å²) in [6.07, 6.45) is 7.16. The van der Waals surface area contributed by atoms with E-state index in [2.05, 4.69) is 34.9 Å². The van der Waals surface area contributed by atoms with Crippen LogP contribution in [0.4, 0.5) is 0 Å². The number of ketones is 1. The summed E-state index contributed by atoms with van der Waals surface area (Å²) < 4.78 is 2.70. The maximum atomic E-state index is 12.6. The summed E-state index contributed by atoms with van der Waals surface area (Å²) in [6, 6.07) is 0. The first-order chi connectivity index (χ1) is 8.63. The van der Waals surface area contributed by atoms with Crippen molar-refractivity contribution in [3.8, 4) is 0 Å². The third kappa shape index (κ3) is 2.85. The lowest BCUT2D eigenvalue weighted by Crippen LogP contribution is -2.24. The van der Waals surface area contributed by atoms with Gasteiger partial charge in [-0.3, -0.25) is 9.48 Å². The first-order valence-corrected chi connectivity index (χ1v) is 7.68.